The second-order valence-corrected chi connectivity index (χ2v) is 7.79. The summed E-state index contributed by atoms with van der Waals surface area (Å²) in [5.41, 5.74) is 0.182. The van der Waals surface area contributed by atoms with Crippen LogP contribution in [-0.2, 0) is 9.59 Å². The molecule has 0 saturated carbocycles. The van der Waals surface area contributed by atoms with E-state index in [2.05, 4.69) is 5.32 Å². The van der Waals surface area contributed by atoms with Crippen molar-refractivity contribution in [3.63, 3.8) is 0 Å². The molecule has 178 valence electrons. The molecule has 34 heavy (non-hydrogen) atoms. The minimum Gasteiger partial charge on any atom is -0.494 e. The van der Waals surface area contributed by atoms with Crippen LogP contribution in [0.3, 0.4) is 0 Å². The number of nitro groups is 1. The van der Waals surface area contributed by atoms with Crippen molar-refractivity contribution >= 4 is 46.3 Å². The van der Waals surface area contributed by atoms with Crippen LogP contribution >= 0.6 is 11.8 Å². The number of methoxy groups -OCH3 is 2. The van der Waals surface area contributed by atoms with Gasteiger partial charge >= 0.3 is 0 Å². The largest absolute Gasteiger partial charge is 0.494 e. The normalized spacial score (nSPS) is 14.3. The number of thioether (sulfide) groups is 1. The van der Waals surface area contributed by atoms with Crippen molar-refractivity contribution in [1.29, 1.82) is 0 Å². The molecule has 0 spiro atoms. The number of carbonyl (C=O) groups is 3. The molecule has 1 aliphatic heterocycles. The lowest BCUT2D eigenvalue weighted by atomic mass is 10.1. The van der Waals surface area contributed by atoms with Crippen LogP contribution in [0.25, 0.3) is 6.08 Å². The number of ether oxygens (including phenoxy) is 3. The highest BCUT2D eigenvalue weighted by atomic mass is 32.2. The van der Waals surface area contributed by atoms with Gasteiger partial charge in [0.1, 0.15) is 12.3 Å². The average molecular weight is 487 g/mol. The number of hydrogen-bond donors (Lipinski definition) is 1. The number of hydrogen-bond acceptors (Lipinski definition) is 9. The number of nitrogens with one attached hydrogen (secondary N) is 1. The number of benzene rings is 2. The zero-order chi connectivity index (χ0) is 24.8. The van der Waals surface area contributed by atoms with Crippen molar-refractivity contribution in [2.75, 3.05) is 32.7 Å². The number of rotatable bonds is 9. The third kappa shape index (κ3) is 5.46. The number of amides is 3. The maximum Gasteiger partial charge on any atom is 0.294 e. The lowest BCUT2D eigenvalue weighted by Crippen LogP contribution is -2.36. The van der Waals surface area contributed by atoms with Crippen molar-refractivity contribution < 1.29 is 33.5 Å². The first-order valence-corrected chi connectivity index (χ1v) is 10.8. The van der Waals surface area contributed by atoms with Crippen LogP contribution in [0.1, 0.15) is 12.5 Å². The van der Waals surface area contributed by atoms with E-state index in [1.54, 1.807) is 24.3 Å². The van der Waals surface area contributed by atoms with E-state index in [0.717, 1.165) is 4.90 Å². The van der Waals surface area contributed by atoms with Gasteiger partial charge in [0, 0.05) is 5.69 Å². The summed E-state index contributed by atoms with van der Waals surface area (Å²) in [6.45, 7) is 1.85. The third-order valence-electron chi connectivity index (χ3n) is 4.64. The zero-order valence-corrected chi connectivity index (χ0v) is 19.3. The van der Waals surface area contributed by atoms with Gasteiger partial charge in [-0.05, 0) is 55.1 Å². The van der Waals surface area contributed by atoms with Gasteiger partial charge in [-0.2, -0.15) is 0 Å². The number of imide groups is 1. The van der Waals surface area contributed by atoms with E-state index < -0.39 is 28.5 Å². The van der Waals surface area contributed by atoms with Crippen LogP contribution in [0, 0.1) is 10.1 Å². The average Bonchev–Trinajstić information content (AvgIpc) is 3.07. The molecule has 1 aliphatic rings. The Labute approximate surface area is 198 Å². The first-order chi connectivity index (χ1) is 16.3. The van der Waals surface area contributed by atoms with Gasteiger partial charge in [0.2, 0.25) is 5.91 Å². The van der Waals surface area contributed by atoms with Gasteiger partial charge in [0.25, 0.3) is 16.8 Å². The lowest BCUT2D eigenvalue weighted by molar-refractivity contribution is -0.385. The summed E-state index contributed by atoms with van der Waals surface area (Å²) in [5.74, 6) is -0.315. The van der Waals surface area contributed by atoms with Crippen molar-refractivity contribution in [2.45, 2.75) is 6.92 Å². The molecule has 1 heterocycles. The number of anilines is 1. The Morgan fingerprint density at radius 2 is 1.79 bits per heavy atom. The van der Waals surface area contributed by atoms with Crippen LogP contribution in [0.4, 0.5) is 16.2 Å². The van der Waals surface area contributed by atoms with E-state index in [4.69, 9.17) is 14.2 Å². The minimum atomic E-state index is -0.735. The Hall–Kier alpha value is -4.06. The molecular formula is C22H21N3O8S. The van der Waals surface area contributed by atoms with Gasteiger partial charge in [0.15, 0.2) is 11.5 Å². The molecule has 1 fully saturated rings. The second kappa shape index (κ2) is 10.7. The van der Waals surface area contributed by atoms with Crippen LogP contribution in [0.15, 0.2) is 41.3 Å². The summed E-state index contributed by atoms with van der Waals surface area (Å²) in [6.07, 6.45) is 1.22. The van der Waals surface area contributed by atoms with Gasteiger partial charge in [-0.25, -0.2) is 0 Å². The molecule has 0 radical (unpaired) electrons. The topological polar surface area (TPSA) is 137 Å². The smallest absolute Gasteiger partial charge is 0.294 e. The van der Waals surface area contributed by atoms with E-state index >= 15 is 0 Å². The zero-order valence-electron chi connectivity index (χ0n) is 18.5. The SMILES string of the molecule is CCOc1ccc(NC(=O)CN2C(=O)S/C(=C/c3cc(OC)c(OC)cc3[N+](=O)[O-])C2=O)cc1. The van der Waals surface area contributed by atoms with Crippen LogP contribution in [0.2, 0.25) is 0 Å². The summed E-state index contributed by atoms with van der Waals surface area (Å²) < 4.78 is 15.6. The molecule has 2 aromatic carbocycles. The molecule has 0 aliphatic carbocycles. The van der Waals surface area contributed by atoms with Crippen molar-refractivity contribution in [3.8, 4) is 17.2 Å². The van der Waals surface area contributed by atoms with Gasteiger partial charge < -0.3 is 19.5 Å². The van der Waals surface area contributed by atoms with Gasteiger partial charge in [-0.15, -0.1) is 0 Å². The van der Waals surface area contributed by atoms with E-state index in [9.17, 15) is 24.5 Å². The Kier molecular flexibility index (Phi) is 7.74. The fourth-order valence-electron chi connectivity index (χ4n) is 3.08. The number of nitro benzene ring substituents is 1. The Morgan fingerprint density at radius 1 is 1.15 bits per heavy atom. The molecule has 0 atom stereocenters. The highest BCUT2D eigenvalue weighted by molar-refractivity contribution is 8.18. The summed E-state index contributed by atoms with van der Waals surface area (Å²) in [6, 6.07) is 9.12. The van der Waals surface area contributed by atoms with E-state index in [1.165, 1.54) is 32.4 Å². The summed E-state index contributed by atoms with van der Waals surface area (Å²) in [4.78, 5) is 49.1. The van der Waals surface area contributed by atoms with Gasteiger partial charge in [-0.1, -0.05) is 0 Å². The molecule has 3 rings (SSSR count). The first-order valence-electron chi connectivity index (χ1n) is 9.95. The Morgan fingerprint density at radius 3 is 2.38 bits per heavy atom. The predicted octanol–water partition coefficient (Wildman–Crippen LogP) is 3.69. The van der Waals surface area contributed by atoms with Crippen LogP contribution in [-0.4, -0.2) is 54.2 Å². The molecular weight excluding hydrogens is 466 g/mol. The molecule has 11 nitrogen and oxygen atoms in total. The van der Waals surface area contributed by atoms with Crippen LogP contribution in [0.5, 0.6) is 17.2 Å². The fourth-order valence-corrected chi connectivity index (χ4v) is 3.91. The maximum absolute atomic E-state index is 12.8. The Bertz CT molecular complexity index is 1160. The third-order valence-corrected chi connectivity index (χ3v) is 5.55. The number of carbonyl (C=O) groups excluding carboxylic acids is 3. The van der Waals surface area contributed by atoms with Gasteiger partial charge in [-0.3, -0.25) is 29.4 Å². The molecule has 0 unspecified atom stereocenters. The molecule has 3 amide bonds. The molecule has 12 heteroatoms. The lowest BCUT2D eigenvalue weighted by Gasteiger charge is -2.13. The van der Waals surface area contributed by atoms with E-state index in [1.807, 2.05) is 6.92 Å². The van der Waals surface area contributed by atoms with Crippen molar-refractivity contribution in [1.82, 2.24) is 4.90 Å². The fraction of sp³-hybridized carbons (Fsp3) is 0.227. The van der Waals surface area contributed by atoms with E-state index in [-0.39, 0.29) is 27.7 Å². The second-order valence-electron chi connectivity index (χ2n) is 6.80. The highest BCUT2D eigenvalue weighted by Crippen LogP contribution is 2.38. The minimum absolute atomic E-state index is 0.0481. The first kappa shape index (κ1) is 24.6. The quantitative estimate of drug-likeness (QED) is 0.319. The summed E-state index contributed by atoms with van der Waals surface area (Å²) >= 11 is 0.584. The van der Waals surface area contributed by atoms with Crippen LogP contribution < -0.4 is 19.5 Å². The monoisotopic (exact) mass is 487 g/mol. The van der Waals surface area contributed by atoms with Crippen molar-refractivity contribution in [3.05, 3.63) is 57.0 Å². The Balaban J connectivity index is 1.77. The molecule has 1 N–H and O–H groups in total. The maximum atomic E-state index is 12.8. The number of nitrogens with zero attached hydrogens (tertiary/aromatic N) is 2. The molecule has 1 saturated heterocycles. The standard InChI is InChI=1S/C22H21N3O8S/c1-4-33-15-7-5-14(6-8-15)23-20(26)12-24-21(27)19(34-22(24)28)10-13-9-17(31-2)18(32-3)11-16(13)25(29)30/h5-11H,4,12H2,1-3H3,(H,23,26)/b19-10+. The van der Waals surface area contributed by atoms with Gasteiger partial charge in [0.05, 0.1) is 42.3 Å². The summed E-state index contributed by atoms with van der Waals surface area (Å²) in [7, 11) is 2.70. The molecule has 0 aromatic heterocycles. The predicted molar refractivity (Wildman–Crippen MR) is 125 cm³/mol. The molecule has 2 aromatic rings. The molecule has 0 bridgehead atoms. The summed E-state index contributed by atoms with van der Waals surface area (Å²) in [5, 5.41) is 13.4. The van der Waals surface area contributed by atoms with Crippen molar-refractivity contribution in [2.24, 2.45) is 0 Å². The van der Waals surface area contributed by atoms with E-state index in [0.29, 0.717) is 29.8 Å². The highest BCUT2D eigenvalue weighted by Gasteiger charge is 2.37.